The molecule has 3 aromatic heterocycles. The number of anilines is 1. The minimum atomic E-state index is -4.61. The van der Waals surface area contributed by atoms with E-state index in [9.17, 15) is 18.3 Å². The number of nitrogens with two attached hydrogens (primary N) is 1. The van der Waals surface area contributed by atoms with E-state index in [1.54, 1.807) is 23.1 Å². The first-order chi connectivity index (χ1) is 16.7. The van der Waals surface area contributed by atoms with Gasteiger partial charge in [0.05, 0.1) is 30.1 Å². The van der Waals surface area contributed by atoms with Crippen LogP contribution in [0.2, 0.25) is 0 Å². The molecule has 3 aromatic rings. The Kier molecular flexibility index (Phi) is 5.99. The number of pyridine rings is 2. The van der Waals surface area contributed by atoms with Gasteiger partial charge < -0.3 is 15.6 Å². The Balaban J connectivity index is 1.37. The number of hydrogen-bond acceptors (Lipinski definition) is 8. The number of aliphatic hydroxyl groups excluding tert-OH is 1. The Bertz CT molecular complexity index is 1200. The Labute approximate surface area is 199 Å². The molecule has 4 N–H and O–H groups in total. The number of ether oxygens (including phenoxy) is 1. The van der Waals surface area contributed by atoms with Crippen LogP contribution in [0.25, 0.3) is 11.3 Å². The number of nitrogens with one attached hydrogen (secondary N) is 1. The quantitative estimate of drug-likeness (QED) is 0.469. The molecule has 0 bridgehead atoms. The normalized spacial score (nSPS) is 22.3. The smallest absolute Gasteiger partial charge is 0.383 e. The Hall–Kier alpha value is -3.06. The fraction of sp³-hybridized carbons (Fsp3) is 0.435. The van der Waals surface area contributed by atoms with Gasteiger partial charge in [-0.25, -0.2) is 4.98 Å². The summed E-state index contributed by atoms with van der Waals surface area (Å²) in [6, 6.07) is 6.37. The molecule has 0 amide bonds. The fourth-order valence-corrected chi connectivity index (χ4v) is 4.74. The second kappa shape index (κ2) is 8.86. The van der Waals surface area contributed by atoms with Crippen LogP contribution in [0.3, 0.4) is 0 Å². The van der Waals surface area contributed by atoms with E-state index in [1.165, 1.54) is 6.20 Å². The van der Waals surface area contributed by atoms with Crippen LogP contribution in [-0.4, -0.2) is 55.8 Å². The number of nitrogens with zero attached hydrogens (tertiary/aromatic N) is 5. The third-order valence-corrected chi connectivity index (χ3v) is 6.64. The zero-order valence-corrected chi connectivity index (χ0v) is 19.0. The summed E-state index contributed by atoms with van der Waals surface area (Å²) in [4.78, 5) is 9.72. The lowest BCUT2D eigenvalue weighted by molar-refractivity contribution is -0.137. The Morgan fingerprint density at radius 3 is 2.83 bits per heavy atom. The molecule has 1 spiro atoms. The van der Waals surface area contributed by atoms with Crippen LogP contribution in [0.15, 0.2) is 42.9 Å². The first kappa shape index (κ1) is 23.7. The molecular weight excluding hydrogens is 463 g/mol. The van der Waals surface area contributed by atoms with Crippen LogP contribution in [-0.2, 0) is 23.1 Å². The van der Waals surface area contributed by atoms with E-state index in [1.807, 2.05) is 24.0 Å². The predicted molar refractivity (Wildman–Crippen MR) is 120 cm³/mol. The number of fused-ring (bicyclic) bond motifs is 2. The van der Waals surface area contributed by atoms with Crippen LogP contribution < -0.4 is 11.1 Å². The molecule has 0 radical (unpaired) electrons. The zero-order valence-electron chi connectivity index (χ0n) is 19.0. The van der Waals surface area contributed by atoms with Gasteiger partial charge in [-0.2, -0.15) is 18.3 Å². The first-order valence-corrected chi connectivity index (χ1v) is 11.3. The van der Waals surface area contributed by atoms with Gasteiger partial charge in [0.2, 0.25) is 0 Å². The average Bonchev–Trinajstić information content (AvgIpc) is 3.46. The number of aromatic nitrogens is 4. The van der Waals surface area contributed by atoms with Crippen LogP contribution in [0.5, 0.6) is 0 Å². The number of likely N-dealkylation sites (tertiary alicyclic amines) is 1. The maximum Gasteiger partial charge on any atom is 0.419 e. The fourth-order valence-electron chi connectivity index (χ4n) is 4.74. The van der Waals surface area contributed by atoms with Crippen molar-refractivity contribution in [3.63, 3.8) is 0 Å². The molecule has 0 saturated carbocycles. The van der Waals surface area contributed by atoms with E-state index in [-0.39, 0.29) is 11.6 Å². The molecule has 12 heteroatoms. The molecular formula is C23H26F3N7O2. The second-order valence-corrected chi connectivity index (χ2v) is 8.90. The largest absolute Gasteiger partial charge is 0.419 e. The highest BCUT2D eigenvalue weighted by Gasteiger charge is 2.47. The van der Waals surface area contributed by atoms with E-state index in [0.29, 0.717) is 38.4 Å². The van der Waals surface area contributed by atoms with Gasteiger partial charge in [0.25, 0.3) is 0 Å². The van der Waals surface area contributed by atoms with Gasteiger partial charge in [-0.1, -0.05) is 6.07 Å². The minimum Gasteiger partial charge on any atom is -0.383 e. The number of aliphatic hydroxyl groups is 1. The van der Waals surface area contributed by atoms with Crippen molar-refractivity contribution < 1.29 is 23.0 Å². The molecule has 2 unspecified atom stereocenters. The van der Waals surface area contributed by atoms with Gasteiger partial charge in [-0.15, -0.1) is 0 Å². The summed E-state index contributed by atoms with van der Waals surface area (Å²) in [5.41, 5.74) is 6.04. The third kappa shape index (κ3) is 4.49. The highest BCUT2D eigenvalue weighted by molar-refractivity contribution is 5.63. The van der Waals surface area contributed by atoms with Crippen molar-refractivity contribution in [3.8, 4) is 11.3 Å². The molecule has 2 aliphatic rings. The molecule has 1 saturated heterocycles. The van der Waals surface area contributed by atoms with Crippen LogP contribution in [0.1, 0.15) is 36.2 Å². The van der Waals surface area contributed by atoms with Crippen LogP contribution in [0, 0.1) is 0 Å². The van der Waals surface area contributed by atoms with Crippen molar-refractivity contribution in [2.75, 3.05) is 25.4 Å². The van der Waals surface area contributed by atoms with E-state index in [0.717, 1.165) is 17.3 Å². The van der Waals surface area contributed by atoms with Gasteiger partial charge in [-0.3, -0.25) is 19.9 Å². The van der Waals surface area contributed by atoms with Gasteiger partial charge >= 0.3 is 6.18 Å². The Morgan fingerprint density at radius 2 is 2.09 bits per heavy atom. The minimum absolute atomic E-state index is 0.125. The number of nitrogen functional groups attached to an aromatic ring is 1. The van der Waals surface area contributed by atoms with E-state index >= 15 is 0 Å². The van der Waals surface area contributed by atoms with E-state index < -0.39 is 29.5 Å². The molecule has 5 heterocycles. The molecule has 186 valence electrons. The highest BCUT2D eigenvalue weighted by Crippen LogP contribution is 2.41. The highest BCUT2D eigenvalue weighted by atomic mass is 19.4. The summed E-state index contributed by atoms with van der Waals surface area (Å²) in [6.45, 7) is 3.80. The van der Waals surface area contributed by atoms with Crippen molar-refractivity contribution in [2.24, 2.45) is 0 Å². The molecule has 2 aliphatic heterocycles. The lowest BCUT2D eigenvalue weighted by atomic mass is 9.96. The molecule has 9 nitrogen and oxygen atoms in total. The number of alkyl halides is 3. The number of rotatable bonds is 5. The second-order valence-electron chi connectivity index (χ2n) is 8.90. The van der Waals surface area contributed by atoms with Gasteiger partial charge in [0.15, 0.2) is 6.35 Å². The number of halogens is 3. The number of hydrogen-bond donors (Lipinski definition) is 3. The monoisotopic (exact) mass is 489 g/mol. The van der Waals surface area contributed by atoms with Crippen molar-refractivity contribution in [1.82, 2.24) is 30.0 Å². The molecule has 35 heavy (non-hydrogen) atoms. The van der Waals surface area contributed by atoms with Crippen molar-refractivity contribution >= 4 is 5.82 Å². The summed E-state index contributed by atoms with van der Waals surface area (Å²) < 4.78 is 47.9. The topological polar surface area (TPSA) is 114 Å². The van der Waals surface area contributed by atoms with Crippen LogP contribution >= 0.6 is 0 Å². The molecule has 0 aromatic carbocycles. The van der Waals surface area contributed by atoms with Crippen molar-refractivity contribution in [3.05, 3.63) is 59.7 Å². The molecule has 5 rings (SSSR count). The summed E-state index contributed by atoms with van der Waals surface area (Å²) in [7, 11) is 0. The lowest BCUT2D eigenvalue weighted by Crippen LogP contribution is -2.48. The first-order valence-electron chi connectivity index (χ1n) is 11.3. The van der Waals surface area contributed by atoms with Crippen molar-refractivity contribution in [2.45, 2.75) is 44.1 Å². The average molecular weight is 490 g/mol. The van der Waals surface area contributed by atoms with Crippen LogP contribution in [0.4, 0.5) is 19.0 Å². The van der Waals surface area contributed by atoms with Gasteiger partial charge in [0.1, 0.15) is 11.4 Å². The maximum absolute atomic E-state index is 13.3. The summed E-state index contributed by atoms with van der Waals surface area (Å²) in [6.07, 6.45) is -0.192. The van der Waals surface area contributed by atoms with Gasteiger partial charge in [0, 0.05) is 43.3 Å². The summed E-state index contributed by atoms with van der Waals surface area (Å²) >= 11 is 0. The van der Waals surface area contributed by atoms with E-state index in [4.69, 9.17) is 10.5 Å². The van der Waals surface area contributed by atoms with Crippen molar-refractivity contribution in [1.29, 1.82) is 0 Å². The molecule has 1 fully saturated rings. The third-order valence-electron chi connectivity index (χ3n) is 6.64. The summed E-state index contributed by atoms with van der Waals surface area (Å²) in [5.74, 6) is -0.571. The SMILES string of the molecule is C[C@H](NC(O)N1CCC2(C1)OCCn1nc(-c3cnc(N)c(C(F)(F)F)c3)cc12)c1cccnc1. The maximum atomic E-state index is 13.3. The zero-order chi connectivity index (χ0) is 24.8. The standard InChI is InChI=1S/C23H26F3N7O2/c1-14(15-3-2-5-28-11-15)30-21(34)32-6-4-22(13-32)19-10-18(31-33(19)7-8-35-22)16-9-17(23(24,25)26)20(27)29-12-16/h2-3,5,9-12,14,21,30,34H,4,6-8,13H2,1H3,(H2,27,29)/t14-,21?,22?/m0/s1. The van der Waals surface area contributed by atoms with Gasteiger partial charge in [-0.05, 0) is 37.1 Å². The predicted octanol–water partition coefficient (Wildman–Crippen LogP) is 2.50. The Morgan fingerprint density at radius 1 is 1.26 bits per heavy atom. The molecule has 3 atom stereocenters. The summed E-state index contributed by atoms with van der Waals surface area (Å²) in [5, 5.41) is 18.6. The molecule has 0 aliphatic carbocycles. The van der Waals surface area contributed by atoms with E-state index in [2.05, 4.69) is 20.4 Å². The lowest BCUT2D eigenvalue weighted by Gasteiger charge is -2.35.